The molecule has 18 heteroatoms. The Kier molecular flexibility index (Phi) is 8.49. The van der Waals surface area contributed by atoms with Crippen LogP contribution in [0.25, 0.3) is 11.1 Å². The zero-order valence-corrected chi connectivity index (χ0v) is 22.0. The van der Waals surface area contributed by atoms with E-state index in [1.807, 2.05) is 0 Å². The maximum atomic E-state index is 15.2. The van der Waals surface area contributed by atoms with Crippen molar-refractivity contribution in [2.24, 2.45) is 5.92 Å². The van der Waals surface area contributed by atoms with Gasteiger partial charge in [-0.05, 0) is 0 Å². The minimum Gasteiger partial charge on any atom is -0.261 e. The Labute approximate surface area is 253 Å². The number of halogens is 12. The maximum Gasteiger partial charge on any atom is 0.418 e. The summed E-state index contributed by atoms with van der Waals surface area (Å²) in [6.07, 6.45) is -8.84. The molecule has 0 radical (unpaired) electrons. The summed E-state index contributed by atoms with van der Waals surface area (Å²) in [7, 11) is 0. The molecule has 1 aromatic heterocycles. The molecule has 2 aliphatic carbocycles. The second-order valence-electron chi connectivity index (χ2n) is 9.16. The highest BCUT2D eigenvalue weighted by molar-refractivity contribution is 6.07. The molecule has 6 nitrogen and oxygen atoms in total. The van der Waals surface area contributed by atoms with Gasteiger partial charge in [0.1, 0.15) is 41.2 Å². The molecule has 2 atom stereocenters. The molecule has 2 aromatic rings. The number of nitriles is 5. The number of benzene rings is 1. The van der Waals surface area contributed by atoms with Gasteiger partial charge in [0, 0.05) is 28.5 Å². The van der Waals surface area contributed by atoms with Gasteiger partial charge in [-0.25, -0.2) is 39.5 Å². The molecule has 1 fully saturated rings. The molecule has 2 aliphatic rings. The molecule has 234 valence electrons. The monoisotopic (exact) mass is 664 g/mol. The van der Waals surface area contributed by atoms with Crippen molar-refractivity contribution in [3.63, 3.8) is 0 Å². The summed E-state index contributed by atoms with van der Waals surface area (Å²) in [6, 6.07) is 4.75. The van der Waals surface area contributed by atoms with E-state index in [-0.39, 0.29) is 12.4 Å². The van der Waals surface area contributed by atoms with Gasteiger partial charge >= 0.3 is 6.18 Å². The minimum absolute atomic E-state index is 0.00726. The van der Waals surface area contributed by atoms with Gasteiger partial charge in [0.05, 0.1) is 46.0 Å². The van der Waals surface area contributed by atoms with Gasteiger partial charge in [-0.2, -0.15) is 39.5 Å². The van der Waals surface area contributed by atoms with Crippen LogP contribution in [0.1, 0.15) is 22.3 Å². The fourth-order valence-electron chi connectivity index (χ4n) is 4.71. The van der Waals surface area contributed by atoms with E-state index in [1.54, 1.807) is 0 Å². The van der Waals surface area contributed by atoms with Crippen LogP contribution < -0.4 is 0 Å². The van der Waals surface area contributed by atoms with Gasteiger partial charge in [-0.3, -0.25) is 4.98 Å². The lowest BCUT2D eigenvalue weighted by Gasteiger charge is -2.22. The van der Waals surface area contributed by atoms with Crippen molar-refractivity contribution in [1.82, 2.24) is 4.98 Å². The molecule has 0 bridgehead atoms. The number of hydrogen-bond donors (Lipinski definition) is 0. The molecule has 4 rings (SSSR count). The molecule has 0 saturated heterocycles. The van der Waals surface area contributed by atoms with Crippen LogP contribution in [0.15, 0.2) is 57.7 Å². The summed E-state index contributed by atoms with van der Waals surface area (Å²) in [5.74, 6) is -21.8. The summed E-state index contributed by atoms with van der Waals surface area (Å²) in [4.78, 5) is 3.00. The molecule has 0 spiro atoms. The lowest BCUT2D eigenvalue weighted by molar-refractivity contribution is -0.138. The van der Waals surface area contributed by atoms with E-state index in [1.165, 1.54) is 0 Å². The summed E-state index contributed by atoms with van der Waals surface area (Å²) in [5, 5.41) is 47.2. The van der Waals surface area contributed by atoms with Crippen molar-refractivity contribution in [2.45, 2.75) is 12.3 Å². The van der Waals surface area contributed by atoms with Crippen LogP contribution in [0.3, 0.4) is 0 Å². The van der Waals surface area contributed by atoms with E-state index in [4.69, 9.17) is 10.5 Å². The molecular weight excluding hydrogens is 660 g/mol. The standard InChI is InChI=1S/C29H4F12N6/c30-14-7-47-6-13(29(39,40)41)15(14)8(1-42)16-17(9(2-43)19-25(35)21(31)11(4-45)22(32)26(19)36)18(16)10(3-44)20-27(37)23(33)12(5-46)24(34)28(20)38/h6-7,19,25H. The Bertz CT molecular complexity index is 2160. The highest BCUT2D eigenvalue weighted by Crippen LogP contribution is 2.58. The van der Waals surface area contributed by atoms with E-state index in [0.717, 1.165) is 30.3 Å². The van der Waals surface area contributed by atoms with Gasteiger partial charge < -0.3 is 0 Å². The van der Waals surface area contributed by atoms with Crippen LogP contribution in [-0.2, 0) is 6.18 Å². The SMILES string of the molecule is N#CC1=C(F)C(F)C(C(C#N)=C2C(=C(C#N)c3c(F)cncc3C(F)(F)F)C2=C(C#N)c2c(F)c(F)c(C#N)c(F)c2F)C(F)=C1F. The number of nitrogens with zero attached hydrogens (tertiary/aromatic N) is 6. The summed E-state index contributed by atoms with van der Waals surface area (Å²) in [6.45, 7) is 0. The first-order valence-corrected chi connectivity index (χ1v) is 12.0. The van der Waals surface area contributed by atoms with E-state index < -0.39 is 126 Å². The first-order valence-electron chi connectivity index (χ1n) is 12.0. The molecule has 1 saturated carbocycles. The summed E-state index contributed by atoms with van der Waals surface area (Å²) >= 11 is 0. The Hall–Kier alpha value is -6.32. The van der Waals surface area contributed by atoms with Crippen molar-refractivity contribution in [2.75, 3.05) is 0 Å². The smallest absolute Gasteiger partial charge is 0.261 e. The van der Waals surface area contributed by atoms with Crippen LogP contribution in [0.2, 0.25) is 0 Å². The fraction of sp³-hybridized carbons (Fsp3) is 0.103. The number of allylic oxidation sites excluding steroid dienone is 10. The van der Waals surface area contributed by atoms with E-state index in [0.29, 0.717) is 0 Å². The van der Waals surface area contributed by atoms with Crippen LogP contribution in [0.4, 0.5) is 52.7 Å². The largest absolute Gasteiger partial charge is 0.418 e. The maximum absolute atomic E-state index is 15.2. The van der Waals surface area contributed by atoms with E-state index in [9.17, 15) is 50.9 Å². The predicted molar refractivity (Wildman–Crippen MR) is 129 cm³/mol. The average Bonchev–Trinajstić information content (AvgIpc) is 3.74. The van der Waals surface area contributed by atoms with Crippen molar-refractivity contribution in [3.05, 3.63) is 109 Å². The van der Waals surface area contributed by atoms with Gasteiger partial charge in [0.15, 0.2) is 46.9 Å². The van der Waals surface area contributed by atoms with E-state index in [2.05, 4.69) is 4.98 Å². The van der Waals surface area contributed by atoms with Gasteiger partial charge in [-0.15, -0.1) is 0 Å². The Morgan fingerprint density at radius 3 is 1.64 bits per heavy atom. The number of alkyl halides is 4. The van der Waals surface area contributed by atoms with E-state index >= 15 is 17.6 Å². The Balaban J connectivity index is 2.29. The van der Waals surface area contributed by atoms with Crippen LogP contribution in [0, 0.1) is 91.7 Å². The highest BCUT2D eigenvalue weighted by atomic mass is 19.4. The Morgan fingerprint density at radius 2 is 1.19 bits per heavy atom. The highest BCUT2D eigenvalue weighted by Gasteiger charge is 2.50. The topological polar surface area (TPSA) is 132 Å². The third-order valence-electron chi connectivity index (χ3n) is 6.78. The van der Waals surface area contributed by atoms with Crippen molar-refractivity contribution in [3.8, 4) is 30.3 Å². The van der Waals surface area contributed by atoms with Gasteiger partial charge in [0.25, 0.3) is 0 Å². The first-order chi connectivity index (χ1) is 22.0. The van der Waals surface area contributed by atoms with Gasteiger partial charge in [-0.1, -0.05) is 0 Å². The second kappa shape index (κ2) is 11.9. The van der Waals surface area contributed by atoms with Gasteiger partial charge in [0.2, 0.25) is 0 Å². The second-order valence-corrected chi connectivity index (χ2v) is 9.16. The number of hydrogen-bond acceptors (Lipinski definition) is 6. The molecule has 2 unspecified atom stereocenters. The first kappa shape index (κ1) is 33.6. The van der Waals surface area contributed by atoms with Crippen LogP contribution >= 0.6 is 0 Å². The Morgan fingerprint density at radius 1 is 0.660 bits per heavy atom. The molecule has 1 heterocycles. The van der Waals surface area contributed by atoms with Crippen molar-refractivity contribution in [1.29, 1.82) is 26.3 Å². The molecule has 1 aromatic carbocycles. The number of aromatic nitrogens is 1. The fourth-order valence-corrected chi connectivity index (χ4v) is 4.71. The number of pyridine rings is 1. The summed E-state index contributed by atoms with van der Waals surface area (Å²) in [5.41, 5.74) is -18.1. The van der Waals surface area contributed by atoms with Crippen molar-refractivity contribution >= 4 is 11.1 Å². The number of rotatable bonds is 3. The third kappa shape index (κ3) is 5.04. The molecule has 0 amide bonds. The zero-order chi connectivity index (χ0) is 35.3. The molecule has 0 N–H and O–H groups in total. The van der Waals surface area contributed by atoms with Crippen LogP contribution in [0.5, 0.6) is 0 Å². The molecule has 0 aliphatic heterocycles. The third-order valence-corrected chi connectivity index (χ3v) is 6.78. The minimum atomic E-state index is -5.52. The quantitative estimate of drug-likeness (QED) is 0.188. The summed E-state index contributed by atoms with van der Waals surface area (Å²) < 4.78 is 175. The zero-order valence-electron chi connectivity index (χ0n) is 22.0. The lowest BCUT2D eigenvalue weighted by atomic mass is 9.85. The average molecular weight is 664 g/mol. The normalized spacial score (nSPS) is 20.8. The lowest BCUT2D eigenvalue weighted by Crippen LogP contribution is -2.25. The predicted octanol–water partition coefficient (Wildman–Crippen LogP) is 7.62. The molecular formula is C29H4F12N6. The van der Waals surface area contributed by atoms with Crippen LogP contribution in [-0.4, -0.2) is 11.2 Å². The van der Waals surface area contributed by atoms with Crippen molar-refractivity contribution < 1.29 is 52.7 Å². The molecule has 47 heavy (non-hydrogen) atoms.